The van der Waals surface area contributed by atoms with Crippen LogP contribution in [-0.2, 0) is 19.0 Å². The van der Waals surface area contributed by atoms with Crippen LogP contribution in [0.4, 0.5) is 0 Å². The molecular formula is C14H22O4. The molecule has 0 aromatic heterocycles. The zero-order valence-electron chi connectivity index (χ0n) is 11.6. The van der Waals surface area contributed by atoms with Crippen molar-refractivity contribution < 1.29 is 19.0 Å². The maximum atomic E-state index is 11.8. The second-order valence-electron chi connectivity index (χ2n) is 5.60. The average molecular weight is 254 g/mol. The quantitative estimate of drug-likeness (QED) is 0.711. The number of ether oxygens (including phenoxy) is 3. The molecule has 0 atom stereocenters. The Bertz CT molecular complexity index is 362. The molecule has 1 aliphatic heterocycles. The Kier molecular flexibility index (Phi) is 3.55. The summed E-state index contributed by atoms with van der Waals surface area (Å²) in [6.45, 7) is 6.13. The highest BCUT2D eigenvalue weighted by molar-refractivity contribution is 5.88. The van der Waals surface area contributed by atoms with Gasteiger partial charge in [0.05, 0.1) is 7.11 Å². The number of esters is 1. The van der Waals surface area contributed by atoms with Crippen LogP contribution in [0.15, 0.2) is 11.5 Å². The summed E-state index contributed by atoms with van der Waals surface area (Å²) >= 11 is 0. The fraction of sp³-hybridized carbons (Fsp3) is 0.786. The smallest absolute Gasteiger partial charge is 0.344 e. The van der Waals surface area contributed by atoms with E-state index in [1.807, 2.05) is 0 Å². The van der Waals surface area contributed by atoms with Crippen LogP contribution in [0, 0.1) is 11.8 Å². The van der Waals surface area contributed by atoms with Gasteiger partial charge in [0, 0.05) is 12.8 Å². The Hall–Kier alpha value is -1.19. The summed E-state index contributed by atoms with van der Waals surface area (Å²) in [4.78, 5) is 11.8. The van der Waals surface area contributed by atoms with E-state index in [1.54, 1.807) is 6.92 Å². The summed E-state index contributed by atoms with van der Waals surface area (Å²) in [6, 6.07) is 0. The van der Waals surface area contributed by atoms with E-state index in [2.05, 4.69) is 13.8 Å². The van der Waals surface area contributed by atoms with E-state index in [0.717, 1.165) is 25.7 Å². The summed E-state index contributed by atoms with van der Waals surface area (Å²) in [5.41, 5.74) is 0.411. The molecule has 102 valence electrons. The van der Waals surface area contributed by atoms with Gasteiger partial charge in [-0.25, -0.2) is 4.79 Å². The van der Waals surface area contributed by atoms with E-state index in [0.29, 0.717) is 23.4 Å². The molecule has 0 unspecified atom stereocenters. The van der Waals surface area contributed by atoms with Gasteiger partial charge < -0.3 is 14.2 Å². The molecule has 4 nitrogen and oxygen atoms in total. The van der Waals surface area contributed by atoms with E-state index in [9.17, 15) is 4.79 Å². The zero-order valence-corrected chi connectivity index (χ0v) is 11.6. The van der Waals surface area contributed by atoms with Crippen LogP contribution in [0.5, 0.6) is 0 Å². The summed E-state index contributed by atoms with van der Waals surface area (Å²) in [7, 11) is 1.52. The molecule has 0 aromatic carbocycles. The van der Waals surface area contributed by atoms with Gasteiger partial charge in [-0.2, -0.15) is 0 Å². The molecular weight excluding hydrogens is 232 g/mol. The lowest BCUT2D eigenvalue weighted by Crippen LogP contribution is -2.45. The molecule has 0 radical (unpaired) electrons. The van der Waals surface area contributed by atoms with Gasteiger partial charge in [-0.3, -0.25) is 0 Å². The lowest BCUT2D eigenvalue weighted by Gasteiger charge is -2.42. The van der Waals surface area contributed by atoms with Gasteiger partial charge in [-0.05, 0) is 31.6 Å². The van der Waals surface area contributed by atoms with Gasteiger partial charge in [0.2, 0.25) is 0 Å². The maximum absolute atomic E-state index is 11.8. The molecule has 1 saturated carbocycles. The Labute approximate surface area is 108 Å². The highest BCUT2D eigenvalue weighted by Crippen LogP contribution is 2.42. The molecule has 1 fully saturated rings. The fourth-order valence-electron chi connectivity index (χ4n) is 2.74. The number of methoxy groups -OCH3 is 1. The van der Waals surface area contributed by atoms with E-state index >= 15 is 0 Å². The van der Waals surface area contributed by atoms with Crippen LogP contribution >= 0.6 is 0 Å². The van der Waals surface area contributed by atoms with Crippen molar-refractivity contribution in [1.29, 1.82) is 0 Å². The molecule has 2 aliphatic rings. The minimum Gasteiger partial charge on any atom is -0.468 e. The fourth-order valence-corrected chi connectivity index (χ4v) is 2.74. The van der Waals surface area contributed by atoms with Crippen molar-refractivity contribution in [3.8, 4) is 0 Å². The van der Waals surface area contributed by atoms with Crippen molar-refractivity contribution in [3.63, 3.8) is 0 Å². The first-order valence-electron chi connectivity index (χ1n) is 6.64. The second kappa shape index (κ2) is 4.82. The lowest BCUT2D eigenvalue weighted by atomic mass is 9.79. The van der Waals surface area contributed by atoms with E-state index < -0.39 is 5.79 Å². The predicted molar refractivity (Wildman–Crippen MR) is 66.4 cm³/mol. The van der Waals surface area contributed by atoms with Gasteiger partial charge in [-0.15, -0.1) is 0 Å². The van der Waals surface area contributed by atoms with Gasteiger partial charge in [-0.1, -0.05) is 13.8 Å². The van der Waals surface area contributed by atoms with Gasteiger partial charge in [0.15, 0.2) is 0 Å². The lowest BCUT2D eigenvalue weighted by molar-refractivity contribution is -0.255. The van der Waals surface area contributed by atoms with Crippen LogP contribution < -0.4 is 0 Å². The van der Waals surface area contributed by atoms with E-state index in [4.69, 9.17) is 14.2 Å². The summed E-state index contributed by atoms with van der Waals surface area (Å²) < 4.78 is 16.4. The first kappa shape index (κ1) is 13.2. The molecule has 0 amide bonds. The molecule has 2 rings (SSSR count). The SMILES string of the molecule is COC1=C(C)C(=O)OC2(CCC(C(C)C)CC2)O1. The molecule has 0 aromatic rings. The molecule has 0 N–H and O–H groups in total. The molecule has 1 spiro atoms. The highest BCUT2D eigenvalue weighted by atomic mass is 16.8. The first-order chi connectivity index (χ1) is 8.47. The summed E-state index contributed by atoms with van der Waals surface area (Å²) in [5, 5.41) is 0. The van der Waals surface area contributed by atoms with Crippen LogP contribution in [0.25, 0.3) is 0 Å². The number of hydrogen-bond donors (Lipinski definition) is 0. The Morgan fingerprint density at radius 1 is 1.28 bits per heavy atom. The van der Waals surface area contributed by atoms with Gasteiger partial charge in [0.1, 0.15) is 5.57 Å². The summed E-state index contributed by atoms with van der Waals surface area (Å²) in [5.74, 6) is 0.569. The van der Waals surface area contributed by atoms with Crippen LogP contribution in [0.1, 0.15) is 46.5 Å². The average Bonchev–Trinajstić information content (AvgIpc) is 2.34. The number of carbonyl (C=O) groups excluding carboxylic acids is 1. The number of carbonyl (C=O) groups is 1. The van der Waals surface area contributed by atoms with Crippen molar-refractivity contribution in [3.05, 3.63) is 11.5 Å². The minimum atomic E-state index is -0.784. The van der Waals surface area contributed by atoms with Gasteiger partial charge in [0.25, 0.3) is 11.7 Å². The third kappa shape index (κ3) is 2.33. The minimum absolute atomic E-state index is 0.314. The Balaban J connectivity index is 2.10. The summed E-state index contributed by atoms with van der Waals surface area (Å²) in [6.07, 6.45) is 3.56. The van der Waals surface area contributed by atoms with Crippen molar-refractivity contribution in [1.82, 2.24) is 0 Å². The second-order valence-corrected chi connectivity index (χ2v) is 5.60. The Morgan fingerprint density at radius 3 is 2.39 bits per heavy atom. The predicted octanol–water partition coefficient (Wildman–Crippen LogP) is 2.98. The van der Waals surface area contributed by atoms with Crippen molar-refractivity contribution >= 4 is 5.97 Å². The van der Waals surface area contributed by atoms with Gasteiger partial charge >= 0.3 is 5.97 Å². The standard InChI is InChI=1S/C14H22O4/c1-9(2)11-5-7-14(8-6-11)17-12(15)10(3)13(16-4)18-14/h9,11H,5-8H2,1-4H3. The van der Waals surface area contributed by atoms with Crippen LogP contribution in [-0.4, -0.2) is 18.9 Å². The van der Waals surface area contributed by atoms with Crippen LogP contribution in [0.2, 0.25) is 0 Å². The van der Waals surface area contributed by atoms with Crippen molar-refractivity contribution in [2.45, 2.75) is 52.2 Å². The number of rotatable bonds is 2. The molecule has 1 heterocycles. The van der Waals surface area contributed by atoms with Crippen molar-refractivity contribution in [2.75, 3.05) is 7.11 Å². The monoisotopic (exact) mass is 254 g/mol. The normalized spacial score (nSPS) is 32.5. The maximum Gasteiger partial charge on any atom is 0.344 e. The molecule has 0 saturated heterocycles. The zero-order chi connectivity index (χ0) is 13.3. The first-order valence-corrected chi connectivity index (χ1v) is 6.64. The van der Waals surface area contributed by atoms with Crippen LogP contribution in [0.3, 0.4) is 0 Å². The van der Waals surface area contributed by atoms with E-state index in [1.165, 1.54) is 7.11 Å². The largest absolute Gasteiger partial charge is 0.468 e. The number of hydrogen-bond acceptors (Lipinski definition) is 4. The molecule has 4 heteroatoms. The third-order valence-electron chi connectivity index (χ3n) is 4.09. The van der Waals surface area contributed by atoms with E-state index in [-0.39, 0.29) is 5.97 Å². The molecule has 1 aliphatic carbocycles. The topological polar surface area (TPSA) is 44.8 Å². The highest BCUT2D eigenvalue weighted by Gasteiger charge is 2.46. The molecule has 0 bridgehead atoms. The third-order valence-corrected chi connectivity index (χ3v) is 4.09. The Morgan fingerprint density at radius 2 is 1.89 bits per heavy atom. The molecule has 18 heavy (non-hydrogen) atoms. The van der Waals surface area contributed by atoms with Crippen molar-refractivity contribution in [2.24, 2.45) is 11.8 Å².